The lowest BCUT2D eigenvalue weighted by Crippen LogP contribution is -2.07. The van der Waals surface area contributed by atoms with Crippen molar-refractivity contribution in [2.24, 2.45) is 0 Å². The Morgan fingerprint density at radius 2 is 1.89 bits per heavy atom. The summed E-state index contributed by atoms with van der Waals surface area (Å²) in [6.07, 6.45) is -5.25. The van der Waals surface area contributed by atoms with Crippen LogP contribution in [0.4, 0.5) is 13.2 Å². The fourth-order valence-electron chi connectivity index (χ4n) is 1.42. The van der Waals surface area contributed by atoms with Crippen molar-refractivity contribution in [3.63, 3.8) is 0 Å². The molecule has 1 atom stereocenters. The fourth-order valence-corrected chi connectivity index (χ4v) is 1.42. The van der Waals surface area contributed by atoms with Crippen molar-refractivity contribution in [1.82, 2.24) is 0 Å². The number of rotatable bonds is 4. The first-order chi connectivity index (χ1) is 8.34. The van der Waals surface area contributed by atoms with Crippen molar-refractivity contribution in [2.75, 3.05) is 7.11 Å². The Balaban J connectivity index is 2.65. The predicted octanol–water partition coefficient (Wildman–Crippen LogP) is 2.69. The summed E-state index contributed by atoms with van der Waals surface area (Å²) in [6, 6.07) is 4.20. The van der Waals surface area contributed by atoms with Gasteiger partial charge in [0.15, 0.2) is 0 Å². The Morgan fingerprint density at radius 3 is 2.33 bits per heavy atom. The van der Waals surface area contributed by atoms with Crippen LogP contribution in [0.1, 0.15) is 30.1 Å². The largest absolute Gasteiger partial charge is 0.469 e. The fraction of sp³-hybridized carbons (Fsp3) is 0.417. The highest BCUT2D eigenvalue weighted by atomic mass is 19.4. The maximum Gasteiger partial charge on any atom is 0.416 e. The summed E-state index contributed by atoms with van der Waals surface area (Å²) in [7, 11) is 1.23. The molecule has 0 fully saturated rings. The zero-order valence-electron chi connectivity index (χ0n) is 9.70. The van der Waals surface area contributed by atoms with Gasteiger partial charge in [0.1, 0.15) is 0 Å². The molecule has 0 aliphatic heterocycles. The number of esters is 1. The minimum atomic E-state index is -4.39. The molecule has 1 N–H and O–H groups in total. The molecule has 0 radical (unpaired) electrons. The second-order valence-electron chi connectivity index (χ2n) is 3.75. The molecule has 1 rings (SSSR count). The quantitative estimate of drug-likeness (QED) is 0.848. The molecule has 1 unspecified atom stereocenters. The third-order valence-corrected chi connectivity index (χ3v) is 2.47. The topological polar surface area (TPSA) is 46.5 Å². The van der Waals surface area contributed by atoms with Gasteiger partial charge in [-0.2, -0.15) is 13.2 Å². The van der Waals surface area contributed by atoms with Crippen molar-refractivity contribution < 1.29 is 27.8 Å². The Labute approximate surface area is 102 Å². The molecule has 0 saturated heterocycles. The normalized spacial score (nSPS) is 13.2. The highest BCUT2D eigenvalue weighted by Gasteiger charge is 2.30. The molecule has 3 nitrogen and oxygen atoms in total. The standard InChI is InChI=1S/C12H13F3O3/c1-18-11(17)7-6-10(16)8-2-4-9(5-3-8)12(13,14)15/h2-5,10,16H,6-7H2,1H3. The number of hydrogen-bond donors (Lipinski definition) is 1. The zero-order valence-corrected chi connectivity index (χ0v) is 9.70. The van der Waals surface area contributed by atoms with Gasteiger partial charge in [-0.25, -0.2) is 0 Å². The van der Waals surface area contributed by atoms with Crippen LogP contribution in [-0.2, 0) is 15.7 Å². The number of aliphatic hydroxyl groups excluding tert-OH is 1. The van der Waals surface area contributed by atoms with Gasteiger partial charge in [-0.15, -0.1) is 0 Å². The molecule has 0 amide bonds. The molecule has 18 heavy (non-hydrogen) atoms. The van der Waals surface area contributed by atoms with Crippen LogP contribution in [0.5, 0.6) is 0 Å². The van der Waals surface area contributed by atoms with E-state index in [0.717, 1.165) is 12.1 Å². The van der Waals surface area contributed by atoms with Crippen molar-refractivity contribution in [1.29, 1.82) is 0 Å². The first kappa shape index (κ1) is 14.5. The van der Waals surface area contributed by atoms with Crippen molar-refractivity contribution in [2.45, 2.75) is 25.1 Å². The lowest BCUT2D eigenvalue weighted by atomic mass is 10.0. The van der Waals surface area contributed by atoms with E-state index in [1.54, 1.807) is 0 Å². The molecule has 0 spiro atoms. The van der Waals surface area contributed by atoms with E-state index in [9.17, 15) is 23.1 Å². The van der Waals surface area contributed by atoms with Crippen molar-refractivity contribution in [3.8, 4) is 0 Å². The maximum atomic E-state index is 12.3. The number of hydrogen-bond acceptors (Lipinski definition) is 3. The maximum absolute atomic E-state index is 12.3. The van der Waals surface area contributed by atoms with Crippen molar-refractivity contribution >= 4 is 5.97 Å². The minimum absolute atomic E-state index is 0.0126. The smallest absolute Gasteiger partial charge is 0.416 e. The highest BCUT2D eigenvalue weighted by molar-refractivity contribution is 5.69. The number of carbonyl (C=O) groups is 1. The predicted molar refractivity (Wildman–Crippen MR) is 57.7 cm³/mol. The molecule has 1 aromatic rings. The average molecular weight is 262 g/mol. The van der Waals surface area contributed by atoms with Gasteiger partial charge in [-0.3, -0.25) is 4.79 Å². The minimum Gasteiger partial charge on any atom is -0.469 e. The number of carbonyl (C=O) groups excluding carboxylic acids is 1. The number of aliphatic hydroxyl groups is 1. The summed E-state index contributed by atoms with van der Waals surface area (Å²) in [5.74, 6) is -0.471. The molecule has 0 aliphatic rings. The first-order valence-corrected chi connectivity index (χ1v) is 5.26. The Hall–Kier alpha value is -1.56. The molecular formula is C12H13F3O3. The molecule has 0 saturated carbocycles. The van der Waals surface area contributed by atoms with Gasteiger partial charge >= 0.3 is 12.1 Å². The lowest BCUT2D eigenvalue weighted by molar-refractivity contribution is -0.141. The third kappa shape index (κ3) is 4.03. The van der Waals surface area contributed by atoms with E-state index >= 15 is 0 Å². The van der Waals surface area contributed by atoms with E-state index in [2.05, 4.69) is 4.74 Å². The van der Waals surface area contributed by atoms with Crippen LogP contribution in [0.3, 0.4) is 0 Å². The number of methoxy groups -OCH3 is 1. The van der Waals surface area contributed by atoms with Gasteiger partial charge in [0.2, 0.25) is 0 Å². The van der Waals surface area contributed by atoms with Crippen molar-refractivity contribution in [3.05, 3.63) is 35.4 Å². The van der Waals surface area contributed by atoms with Gasteiger partial charge in [-0.05, 0) is 24.1 Å². The summed E-state index contributed by atoms with van der Waals surface area (Å²) in [5, 5.41) is 9.67. The van der Waals surface area contributed by atoms with E-state index in [0.29, 0.717) is 5.56 Å². The van der Waals surface area contributed by atoms with Gasteiger partial charge in [0, 0.05) is 6.42 Å². The number of halogens is 3. The average Bonchev–Trinajstić information content (AvgIpc) is 2.34. The van der Waals surface area contributed by atoms with Crippen LogP contribution in [0, 0.1) is 0 Å². The van der Waals surface area contributed by atoms with Gasteiger partial charge in [-0.1, -0.05) is 12.1 Å². The van der Waals surface area contributed by atoms with Crippen LogP contribution in [0.15, 0.2) is 24.3 Å². The van der Waals surface area contributed by atoms with Gasteiger partial charge < -0.3 is 9.84 Å². The lowest BCUT2D eigenvalue weighted by Gasteiger charge is -2.12. The molecule has 0 bridgehead atoms. The van der Waals surface area contributed by atoms with Gasteiger partial charge in [0.25, 0.3) is 0 Å². The molecule has 0 aliphatic carbocycles. The number of ether oxygens (including phenoxy) is 1. The Kier molecular flexibility index (Phi) is 4.72. The summed E-state index contributed by atoms with van der Waals surface area (Å²) >= 11 is 0. The molecular weight excluding hydrogens is 249 g/mol. The summed E-state index contributed by atoms with van der Waals surface area (Å²) in [4.78, 5) is 10.9. The highest BCUT2D eigenvalue weighted by Crippen LogP contribution is 2.30. The summed E-state index contributed by atoms with van der Waals surface area (Å²) < 4.78 is 41.3. The van der Waals surface area contributed by atoms with E-state index in [-0.39, 0.29) is 12.8 Å². The number of alkyl halides is 3. The third-order valence-electron chi connectivity index (χ3n) is 2.47. The van der Waals surface area contributed by atoms with E-state index in [1.807, 2.05) is 0 Å². The Bertz CT molecular complexity index is 398. The first-order valence-electron chi connectivity index (χ1n) is 5.26. The van der Waals surface area contributed by atoms with E-state index in [1.165, 1.54) is 19.2 Å². The monoisotopic (exact) mass is 262 g/mol. The molecule has 100 valence electrons. The van der Waals surface area contributed by atoms with Crippen LogP contribution in [0.2, 0.25) is 0 Å². The van der Waals surface area contributed by atoms with Crippen LogP contribution >= 0.6 is 0 Å². The number of benzene rings is 1. The van der Waals surface area contributed by atoms with E-state index < -0.39 is 23.8 Å². The molecule has 0 heterocycles. The Morgan fingerprint density at radius 1 is 1.33 bits per heavy atom. The molecule has 1 aromatic carbocycles. The summed E-state index contributed by atoms with van der Waals surface area (Å²) in [5.41, 5.74) is -0.432. The molecule has 6 heteroatoms. The van der Waals surface area contributed by atoms with Gasteiger partial charge in [0.05, 0.1) is 18.8 Å². The molecule has 0 aromatic heterocycles. The zero-order chi connectivity index (χ0) is 13.8. The second-order valence-corrected chi connectivity index (χ2v) is 3.75. The second kappa shape index (κ2) is 5.86. The summed E-state index contributed by atoms with van der Waals surface area (Å²) in [6.45, 7) is 0. The van der Waals surface area contributed by atoms with Crippen LogP contribution in [-0.4, -0.2) is 18.2 Å². The van der Waals surface area contributed by atoms with Crippen LogP contribution in [0.25, 0.3) is 0 Å². The van der Waals surface area contributed by atoms with Crippen LogP contribution < -0.4 is 0 Å². The SMILES string of the molecule is COC(=O)CCC(O)c1ccc(C(F)(F)F)cc1. The van der Waals surface area contributed by atoms with E-state index in [4.69, 9.17) is 0 Å².